The van der Waals surface area contributed by atoms with Crippen molar-refractivity contribution in [3.63, 3.8) is 0 Å². The SMILES string of the molecule is CCC(CC)NCc1ccncc1C. The van der Waals surface area contributed by atoms with E-state index >= 15 is 0 Å². The molecular formula is C12H20N2. The number of aromatic nitrogens is 1. The van der Waals surface area contributed by atoms with Gasteiger partial charge in [-0.2, -0.15) is 0 Å². The first-order valence-electron chi connectivity index (χ1n) is 5.40. The Labute approximate surface area is 86.8 Å². The summed E-state index contributed by atoms with van der Waals surface area (Å²) in [6.45, 7) is 7.51. The van der Waals surface area contributed by atoms with Crippen molar-refractivity contribution in [3.8, 4) is 0 Å². The molecule has 0 spiro atoms. The van der Waals surface area contributed by atoms with Gasteiger partial charge in [0.05, 0.1) is 0 Å². The summed E-state index contributed by atoms with van der Waals surface area (Å²) in [7, 11) is 0. The third-order valence-corrected chi connectivity index (χ3v) is 2.70. The number of aryl methyl sites for hydroxylation is 1. The number of nitrogens with one attached hydrogen (secondary N) is 1. The van der Waals surface area contributed by atoms with Gasteiger partial charge in [0, 0.05) is 25.0 Å². The molecule has 1 aromatic heterocycles. The van der Waals surface area contributed by atoms with Crippen molar-refractivity contribution in [2.45, 2.75) is 46.2 Å². The highest BCUT2D eigenvalue weighted by Gasteiger charge is 2.03. The molecule has 0 unspecified atom stereocenters. The van der Waals surface area contributed by atoms with Crippen LogP contribution in [0.1, 0.15) is 37.8 Å². The van der Waals surface area contributed by atoms with E-state index in [2.05, 4.69) is 37.1 Å². The van der Waals surface area contributed by atoms with Crippen molar-refractivity contribution in [1.29, 1.82) is 0 Å². The molecule has 2 nitrogen and oxygen atoms in total. The summed E-state index contributed by atoms with van der Waals surface area (Å²) in [5, 5.41) is 3.55. The topological polar surface area (TPSA) is 24.9 Å². The minimum Gasteiger partial charge on any atom is -0.310 e. The van der Waals surface area contributed by atoms with Gasteiger partial charge in [-0.3, -0.25) is 4.98 Å². The molecule has 0 fully saturated rings. The molecule has 0 aliphatic heterocycles. The molecule has 1 heterocycles. The van der Waals surface area contributed by atoms with E-state index in [0.717, 1.165) is 6.54 Å². The molecule has 1 aromatic rings. The summed E-state index contributed by atoms with van der Waals surface area (Å²) in [6.07, 6.45) is 6.17. The van der Waals surface area contributed by atoms with E-state index in [1.165, 1.54) is 24.0 Å². The molecule has 78 valence electrons. The quantitative estimate of drug-likeness (QED) is 0.775. The normalized spacial score (nSPS) is 10.9. The van der Waals surface area contributed by atoms with Gasteiger partial charge < -0.3 is 5.32 Å². The molecule has 0 atom stereocenters. The fraction of sp³-hybridized carbons (Fsp3) is 0.583. The van der Waals surface area contributed by atoms with Crippen LogP contribution < -0.4 is 5.32 Å². The lowest BCUT2D eigenvalue weighted by molar-refractivity contribution is 0.483. The van der Waals surface area contributed by atoms with Gasteiger partial charge in [-0.1, -0.05) is 13.8 Å². The number of hydrogen-bond donors (Lipinski definition) is 1. The lowest BCUT2D eigenvalue weighted by Crippen LogP contribution is -2.27. The van der Waals surface area contributed by atoms with Gasteiger partial charge in [-0.05, 0) is 37.0 Å². The molecule has 0 aliphatic rings. The van der Waals surface area contributed by atoms with Crippen LogP contribution in [-0.2, 0) is 6.54 Å². The van der Waals surface area contributed by atoms with Gasteiger partial charge in [0.1, 0.15) is 0 Å². The van der Waals surface area contributed by atoms with Crippen LogP contribution in [0.5, 0.6) is 0 Å². The maximum absolute atomic E-state index is 4.08. The maximum atomic E-state index is 4.08. The van der Waals surface area contributed by atoms with Crippen LogP contribution in [0.2, 0.25) is 0 Å². The Balaban J connectivity index is 2.49. The highest BCUT2D eigenvalue weighted by molar-refractivity contribution is 5.21. The fourth-order valence-electron chi connectivity index (χ4n) is 1.53. The molecule has 0 bridgehead atoms. The van der Waals surface area contributed by atoms with E-state index < -0.39 is 0 Å². The standard InChI is InChI=1S/C12H20N2/c1-4-12(5-2)14-9-11-6-7-13-8-10(11)3/h6-8,12,14H,4-5,9H2,1-3H3. The lowest BCUT2D eigenvalue weighted by Gasteiger charge is -2.15. The molecule has 0 aliphatic carbocycles. The van der Waals surface area contributed by atoms with Gasteiger partial charge in [-0.15, -0.1) is 0 Å². The molecular weight excluding hydrogens is 172 g/mol. The predicted molar refractivity (Wildman–Crippen MR) is 60.2 cm³/mol. The van der Waals surface area contributed by atoms with E-state index in [4.69, 9.17) is 0 Å². The third kappa shape index (κ3) is 3.11. The van der Waals surface area contributed by atoms with Crippen LogP contribution >= 0.6 is 0 Å². The van der Waals surface area contributed by atoms with Crippen molar-refractivity contribution in [3.05, 3.63) is 29.6 Å². The predicted octanol–water partition coefficient (Wildman–Crippen LogP) is 2.67. The second-order valence-corrected chi connectivity index (χ2v) is 3.70. The van der Waals surface area contributed by atoms with Crippen LogP contribution in [0.25, 0.3) is 0 Å². The Morgan fingerprint density at radius 3 is 2.64 bits per heavy atom. The van der Waals surface area contributed by atoms with Crippen molar-refractivity contribution < 1.29 is 0 Å². The molecule has 0 saturated carbocycles. The Morgan fingerprint density at radius 1 is 1.36 bits per heavy atom. The van der Waals surface area contributed by atoms with Crippen molar-refractivity contribution in [2.75, 3.05) is 0 Å². The van der Waals surface area contributed by atoms with E-state index in [1.54, 1.807) is 0 Å². The highest BCUT2D eigenvalue weighted by Crippen LogP contribution is 2.06. The monoisotopic (exact) mass is 192 g/mol. The van der Waals surface area contributed by atoms with E-state index in [0.29, 0.717) is 6.04 Å². The smallest absolute Gasteiger partial charge is 0.0300 e. The summed E-state index contributed by atoms with van der Waals surface area (Å²) in [5.74, 6) is 0. The molecule has 2 heteroatoms. The zero-order valence-corrected chi connectivity index (χ0v) is 9.38. The lowest BCUT2D eigenvalue weighted by atomic mass is 10.1. The minimum absolute atomic E-state index is 0.641. The van der Waals surface area contributed by atoms with E-state index in [-0.39, 0.29) is 0 Å². The van der Waals surface area contributed by atoms with Crippen LogP contribution in [0.3, 0.4) is 0 Å². The zero-order valence-electron chi connectivity index (χ0n) is 9.38. The summed E-state index contributed by atoms with van der Waals surface area (Å²) in [6, 6.07) is 2.73. The average molecular weight is 192 g/mol. The number of pyridine rings is 1. The zero-order chi connectivity index (χ0) is 10.4. The largest absolute Gasteiger partial charge is 0.310 e. The molecule has 0 aromatic carbocycles. The maximum Gasteiger partial charge on any atom is 0.0300 e. The first kappa shape index (κ1) is 11.2. The molecule has 1 rings (SSSR count). The number of nitrogens with zero attached hydrogens (tertiary/aromatic N) is 1. The van der Waals surface area contributed by atoms with E-state index in [9.17, 15) is 0 Å². The number of rotatable bonds is 5. The summed E-state index contributed by atoms with van der Waals surface area (Å²) in [4.78, 5) is 4.08. The van der Waals surface area contributed by atoms with Crippen LogP contribution in [0.15, 0.2) is 18.5 Å². The fourth-order valence-corrected chi connectivity index (χ4v) is 1.53. The van der Waals surface area contributed by atoms with Crippen LogP contribution in [0.4, 0.5) is 0 Å². The van der Waals surface area contributed by atoms with Gasteiger partial charge in [0.15, 0.2) is 0 Å². The molecule has 0 amide bonds. The number of hydrogen-bond acceptors (Lipinski definition) is 2. The third-order valence-electron chi connectivity index (χ3n) is 2.70. The van der Waals surface area contributed by atoms with Gasteiger partial charge in [-0.25, -0.2) is 0 Å². The van der Waals surface area contributed by atoms with Crippen LogP contribution in [-0.4, -0.2) is 11.0 Å². The van der Waals surface area contributed by atoms with Gasteiger partial charge in [0.25, 0.3) is 0 Å². The first-order chi connectivity index (χ1) is 6.77. The average Bonchev–Trinajstić information content (AvgIpc) is 2.22. The Bertz CT molecular complexity index is 267. The van der Waals surface area contributed by atoms with Crippen molar-refractivity contribution in [2.24, 2.45) is 0 Å². The summed E-state index contributed by atoms with van der Waals surface area (Å²) >= 11 is 0. The second-order valence-electron chi connectivity index (χ2n) is 3.70. The Morgan fingerprint density at radius 2 is 2.07 bits per heavy atom. The van der Waals surface area contributed by atoms with Crippen molar-refractivity contribution >= 4 is 0 Å². The molecule has 14 heavy (non-hydrogen) atoms. The highest BCUT2D eigenvalue weighted by atomic mass is 14.9. The Hall–Kier alpha value is -0.890. The van der Waals surface area contributed by atoms with Gasteiger partial charge in [0.2, 0.25) is 0 Å². The Kier molecular flexibility index (Phi) is 4.60. The molecule has 1 N–H and O–H groups in total. The first-order valence-corrected chi connectivity index (χ1v) is 5.40. The minimum atomic E-state index is 0.641. The van der Waals surface area contributed by atoms with E-state index in [1.807, 2.05) is 12.4 Å². The van der Waals surface area contributed by atoms with Gasteiger partial charge >= 0.3 is 0 Å². The molecule has 0 radical (unpaired) electrons. The summed E-state index contributed by atoms with van der Waals surface area (Å²) < 4.78 is 0. The summed E-state index contributed by atoms with van der Waals surface area (Å²) in [5.41, 5.74) is 2.62. The van der Waals surface area contributed by atoms with Crippen LogP contribution in [0, 0.1) is 6.92 Å². The molecule has 0 saturated heterocycles. The second kappa shape index (κ2) is 5.76. The van der Waals surface area contributed by atoms with Crippen molar-refractivity contribution in [1.82, 2.24) is 10.3 Å².